The summed E-state index contributed by atoms with van der Waals surface area (Å²) in [5.74, 6) is -0.339. The fourth-order valence-electron chi connectivity index (χ4n) is 2.54. The Hall–Kier alpha value is -0.600. The van der Waals surface area contributed by atoms with Crippen molar-refractivity contribution >= 4 is 0 Å². The lowest BCUT2D eigenvalue weighted by Crippen LogP contribution is -2.47. The van der Waals surface area contributed by atoms with Crippen LogP contribution in [0.25, 0.3) is 0 Å². The zero-order chi connectivity index (χ0) is 10.7. The van der Waals surface area contributed by atoms with Crippen molar-refractivity contribution in [2.45, 2.75) is 56.5 Å². The van der Waals surface area contributed by atoms with Crippen LogP contribution in [0, 0.1) is 0 Å². The maximum atomic E-state index is 6.01. The summed E-state index contributed by atoms with van der Waals surface area (Å²) in [6, 6.07) is 0. The molecule has 0 saturated carbocycles. The third-order valence-electron chi connectivity index (χ3n) is 3.35. The van der Waals surface area contributed by atoms with Gasteiger partial charge in [0, 0.05) is 12.8 Å². The van der Waals surface area contributed by atoms with E-state index in [4.69, 9.17) is 9.47 Å². The molecule has 1 spiro atoms. The molecule has 0 aromatic heterocycles. The number of rotatable bonds is 2. The second-order valence-corrected chi connectivity index (χ2v) is 4.48. The van der Waals surface area contributed by atoms with Crippen LogP contribution in [-0.4, -0.2) is 18.0 Å². The summed E-state index contributed by atoms with van der Waals surface area (Å²) >= 11 is 0. The van der Waals surface area contributed by atoms with Gasteiger partial charge in [-0.25, -0.2) is 0 Å². The predicted molar refractivity (Wildman–Crippen MR) is 60.6 cm³/mol. The van der Waals surface area contributed by atoms with Crippen LogP contribution in [0.15, 0.2) is 25.3 Å². The van der Waals surface area contributed by atoms with Gasteiger partial charge in [0.25, 0.3) is 0 Å². The van der Waals surface area contributed by atoms with Crippen LogP contribution in [0.5, 0.6) is 0 Å². The lowest BCUT2D eigenvalue weighted by Gasteiger charge is -2.44. The first kappa shape index (κ1) is 10.9. The molecule has 0 unspecified atom stereocenters. The van der Waals surface area contributed by atoms with Gasteiger partial charge in [0.15, 0.2) is 5.79 Å². The second-order valence-electron chi connectivity index (χ2n) is 4.48. The molecule has 2 heterocycles. The molecule has 2 nitrogen and oxygen atoms in total. The summed E-state index contributed by atoms with van der Waals surface area (Å²) in [4.78, 5) is 0. The summed E-state index contributed by atoms with van der Waals surface area (Å²) in [6.07, 6.45) is 10.6. The Morgan fingerprint density at radius 1 is 0.933 bits per heavy atom. The highest BCUT2D eigenvalue weighted by atomic mass is 16.7. The highest BCUT2D eigenvalue weighted by Crippen LogP contribution is 2.39. The van der Waals surface area contributed by atoms with Crippen LogP contribution < -0.4 is 0 Å². The Kier molecular flexibility index (Phi) is 3.27. The van der Waals surface area contributed by atoms with Crippen molar-refractivity contribution in [3.63, 3.8) is 0 Å². The SMILES string of the molecule is C=C[C@H]1CCCC2(CCC[C@H](C=C)O2)O1. The molecule has 2 atom stereocenters. The van der Waals surface area contributed by atoms with Crippen LogP contribution in [0.1, 0.15) is 38.5 Å². The van der Waals surface area contributed by atoms with Gasteiger partial charge < -0.3 is 9.47 Å². The van der Waals surface area contributed by atoms with Gasteiger partial charge in [-0.3, -0.25) is 0 Å². The molecule has 0 N–H and O–H groups in total. The molecule has 15 heavy (non-hydrogen) atoms. The van der Waals surface area contributed by atoms with E-state index in [1.807, 2.05) is 12.2 Å². The molecule has 0 aromatic rings. The maximum Gasteiger partial charge on any atom is 0.169 e. The largest absolute Gasteiger partial charge is 0.343 e. The quantitative estimate of drug-likeness (QED) is 0.649. The molecule has 2 aliphatic heterocycles. The fraction of sp³-hybridized carbons (Fsp3) is 0.692. The molecule has 2 rings (SSSR count). The second kappa shape index (κ2) is 4.50. The summed E-state index contributed by atoms with van der Waals surface area (Å²) in [7, 11) is 0. The highest BCUT2D eigenvalue weighted by Gasteiger charge is 2.41. The Balaban J connectivity index is 2.04. The van der Waals surface area contributed by atoms with Crippen LogP contribution >= 0.6 is 0 Å². The normalized spacial score (nSPS) is 34.9. The molecule has 2 saturated heterocycles. The molecule has 2 heteroatoms. The monoisotopic (exact) mass is 208 g/mol. The number of ether oxygens (including phenoxy) is 2. The first-order valence-corrected chi connectivity index (χ1v) is 5.89. The predicted octanol–water partition coefficient (Wildman–Crippen LogP) is 3.19. The van der Waals surface area contributed by atoms with Crippen molar-refractivity contribution in [1.82, 2.24) is 0 Å². The molecular weight excluding hydrogens is 188 g/mol. The number of hydrogen-bond acceptors (Lipinski definition) is 2. The Labute approximate surface area is 92.0 Å². The average Bonchev–Trinajstić information content (AvgIpc) is 2.29. The van der Waals surface area contributed by atoms with Gasteiger partial charge in [-0.2, -0.15) is 0 Å². The molecule has 0 aliphatic carbocycles. The van der Waals surface area contributed by atoms with E-state index in [2.05, 4.69) is 13.2 Å². The molecule has 2 fully saturated rings. The van der Waals surface area contributed by atoms with Gasteiger partial charge in [-0.05, 0) is 25.7 Å². The van der Waals surface area contributed by atoms with Gasteiger partial charge in [-0.15, -0.1) is 13.2 Å². The van der Waals surface area contributed by atoms with E-state index in [-0.39, 0.29) is 18.0 Å². The molecule has 84 valence electrons. The Morgan fingerprint density at radius 2 is 1.40 bits per heavy atom. The lowest BCUT2D eigenvalue weighted by atomic mass is 9.93. The van der Waals surface area contributed by atoms with Gasteiger partial charge in [0.2, 0.25) is 0 Å². The van der Waals surface area contributed by atoms with E-state index in [1.54, 1.807) is 0 Å². The maximum absolute atomic E-state index is 6.01. The minimum atomic E-state index is -0.339. The van der Waals surface area contributed by atoms with Gasteiger partial charge in [0.05, 0.1) is 12.2 Å². The van der Waals surface area contributed by atoms with Crippen molar-refractivity contribution in [2.75, 3.05) is 0 Å². The molecule has 0 radical (unpaired) electrons. The van der Waals surface area contributed by atoms with Gasteiger partial charge in [-0.1, -0.05) is 12.2 Å². The van der Waals surface area contributed by atoms with E-state index < -0.39 is 0 Å². The van der Waals surface area contributed by atoms with Gasteiger partial charge in [0.1, 0.15) is 0 Å². The van der Waals surface area contributed by atoms with E-state index in [0.29, 0.717) is 0 Å². The third kappa shape index (κ3) is 2.32. The van der Waals surface area contributed by atoms with Crippen molar-refractivity contribution in [2.24, 2.45) is 0 Å². The molecule has 0 amide bonds. The van der Waals surface area contributed by atoms with E-state index in [1.165, 1.54) is 12.8 Å². The average molecular weight is 208 g/mol. The van der Waals surface area contributed by atoms with Gasteiger partial charge >= 0.3 is 0 Å². The van der Waals surface area contributed by atoms with E-state index >= 15 is 0 Å². The lowest BCUT2D eigenvalue weighted by molar-refractivity contribution is -0.300. The Morgan fingerprint density at radius 3 is 1.80 bits per heavy atom. The van der Waals surface area contributed by atoms with Crippen molar-refractivity contribution in [1.29, 1.82) is 0 Å². The molecular formula is C13H20O2. The van der Waals surface area contributed by atoms with Crippen LogP contribution in [-0.2, 0) is 9.47 Å². The highest BCUT2D eigenvalue weighted by molar-refractivity contribution is 4.93. The van der Waals surface area contributed by atoms with Crippen molar-refractivity contribution in [3.8, 4) is 0 Å². The minimum absolute atomic E-state index is 0.169. The van der Waals surface area contributed by atoms with Crippen molar-refractivity contribution in [3.05, 3.63) is 25.3 Å². The van der Waals surface area contributed by atoms with E-state index in [9.17, 15) is 0 Å². The Bertz CT molecular complexity index is 221. The zero-order valence-electron chi connectivity index (χ0n) is 9.28. The molecule has 0 aromatic carbocycles. The minimum Gasteiger partial charge on any atom is -0.343 e. The summed E-state index contributed by atoms with van der Waals surface area (Å²) < 4.78 is 12.0. The molecule has 0 bridgehead atoms. The van der Waals surface area contributed by atoms with Crippen molar-refractivity contribution < 1.29 is 9.47 Å². The molecule has 2 aliphatic rings. The summed E-state index contributed by atoms with van der Waals surface area (Å²) in [5.41, 5.74) is 0. The smallest absolute Gasteiger partial charge is 0.169 e. The zero-order valence-corrected chi connectivity index (χ0v) is 9.28. The third-order valence-corrected chi connectivity index (χ3v) is 3.35. The first-order chi connectivity index (χ1) is 7.28. The van der Waals surface area contributed by atoms with E-state index in [0.717, 1.165) is 25.7 Å². The van der Waals surface area contributed by atoms with Crippen LogP contribution in [0.2, 0.25) is 0 Å². The van der Waals surface area contributed by atoms with Crippen LogP contribution in [0.3, 0.4) is 0 Å². The fourth-order valence-corrected chi connectivity index (χ4v) is 2.54. The summed E-state index contributed by atoms with van der Waals surface area (Å²) in [6.45, 7) is 7.60. The summed E-state index contributed by atoms with van der Waals surface area (Å²) in [5, 5.41) is 0. The topological polar surface area (TPSA) is 18.5 Å². The van der Waals surface area contributed by atoms with Crippen LogP contribution in [0.4, 0.5) is 0 Å². The first-order valence-electron chi connectivity index (χ1n) is 5.89. The standard InChI is InChI=1S/C13H20O2/c1-3-11-7-5-9-13(14-11)10-6-8-12(4-2)15-13/h3-4,11-12H,1-2,5-10H2/t11-,12-,13?/m0/s1. The number of hydrogen-bond donors (Lipinski definition) is 0.